The summed E-state index contributed by atoms with van der Waals surface area (Å²) in [4.78, 5) is 29.3. The minimum Gasteiger partial charge on any atom is -0.462 e. The SMILES string of the molecule is CCOC(=O)c1cnc2cc(Cl)c(=O)[nH]c2c1. The Labute approximate surface area is 101 Å². The van der Waals surface area contributed by atoms with Gasteiger partial charge in [0.1, 0.15) is 5.02 Å². The van der Waals surface area contributed by atoms with Gasteiger partial charge in [0.15, 0.2) is 0 Å². The molecule has 0 radical (unpaired) electrons. The Hall–Kier alpha value is -1.88. The van der Waals surface area contributed by atoms with Gasteiger partial charge in [0.2, 0.25) is 0 Å². The molecule has 0 aliphatic heterocycles. The molecule has 2 aromatic heterocycles. The number of esters is 1. The number of H-pyrrole nitrogens is 1. The lowest BCUT2D eigenvalue weighted by Crippen LogP contribution is -2.09. The third-order valence-corrected chi connectivity index (χ3v) is 2.44. The zero-order valence-electron chi connectivity index (χ0n) is 8.99. The predicted molar refractivity (Wildman–Crippen MR) is 63.3 cm³/mol. The summed E-state index contributed by atoms with van der Waals surface area (Å²) in [6.45, 7) is 2.00. The van der Waals surface area contributed by atoms with Crippen molar-refractivity contribution in [2.24, 2.45) is 0 Å². The third kappa shape index (κ3) is 2.29. The first-order valence-electron chi connectivity index (χ1n) is 4.97. The van der Waals surface area contributed by atoms with Gasteiger partial charge in [-0.05, 0) is 19.1 Å². The highest BCUT2D eigenvalue weighted by Gasteiger charge is 2.09. The summed E-state index contributed by atoms with van der Waals surface area (Å²) < 4.78 is 4.83. The van der Waals surface area contributed by atoms with Crippen molar-refractivity contribution in [1.29, 1.82) is 0 Å². The topological polar surface area (TPSA) is 72.0 Å². The van der Waals surface area contributed by atoms with E-state index in [1.807, 2.05) is 0 Å². The highest BCUT2D eigenvalue weighted by atomic mass is 35.5. The van der Waals surface area contributed by atoms with E-state index in [0.29, 0.717) is 11.0 Å². The molecule has 0 aromatic carbocycles. The molecule has 0 spiro atoms. The van der Waals surface area contributed by atoms with Crippen LogP contribution in [0.3, 0.4) is 0 Å². The Balaban J connectivity index is 2.54. The molecule has 1 N–H and O–H groups in total. The van der Waals surface area contributed by atoms with E-state index in [2.05, 4.69) is 9.97 Å². The van der Waals surface area contributed by atoms with Crippen LogP contribution < -0.4 is 5.56 Å². The molecule has 0 aliphatic rings. The maximum atomic E-state index is 11.5. The molecule has 0 unspecified atom stereocenters. The Kier molecular flexibility index (Phi) is 3.10. The molecular weight excluding hydrogens is 244 g/mol. The molecule has 0 saturated heterocycles. The molecule has 0 fully saturated rings. The number of hydrogen-bond donors (Lipinski definition) is 1. The van der Waals surface area contributed by atoms with Crippen LogP contribution in [0.2, 0.25) is 5.02 Å². The molecule has 5 nitrogen and oxygen atoms in total. The number of nitrogens with one attached hydrogen (secondary N) is 1. The smallest absolute Gasteiger partial charge is 0.339 e. The normalized spacial score (nSPS) is 10.5. The molecule has 0 aliphatic carbocycles. The quantitative estimate of drug-likeness (QED) is 0.827. The van der Waals surface area contributed by atoms with Gasteiger partial charge in [-0.1, -0.05) is 11.6 Å². The van der Waals surface area contributed by atoms with Crippen molar-refractivity contribution in [2.45, 2.75) is 6.92 Å². The molecule has 0 saturated carbocycles. The average molecular weight is 253 g/mol. The summed E-state index contributed by atoms with van der Waals surface area (Å²) in [5.41, 5.74) is 0.840. The van der Waals surface area contributed by atoms with Crippen LogP contribution in [0.4, 0.5) is 0 Å². The summed E-state index contributed by atoms with van der Waals surface area (Å²) in [5.74, 6) is -0.474. The fraction of sp³-hybridized carbons (Fsp3) is 0.182. The van der Waals surface area contributed by atoms with Gasteiger partial charge in [-0.15, -0.1) is 0 Å². The van der Waals surface area contributed by atoms with E-state index in [0.717, 1.165) is 0 Å². The molecule has 2 heterocycles. The number of rotatable bonds is 2. The van der Waals surface area contributed by atoms with Crippen LogP contribution in [0, 0.1) is 0 Å². The van der Waals surface area contributed by atoms with Crippen molar-refractivity contribution < 1.29 is 9.53 Å². The Morgan fingerprint density at radius 3 is 3.00 bits per heavy atom. The summed E-state index contributed by atoms with van der Waals surface area (Å²) in [7, 11) is 0. The van der Waals surface area contributed by atoms with Gasteiger partial charge < -0.3 is 9.72 Å². The molecule has 0 bridgehead atoms. The van der Waals surface area contributed by atoms with Crippen LogP contribution in [-0.2, 0) is 4.74 Å². The van der Waals surface area contributed by atoms with E-state index in [4.69, 9.17) is 16.3 Å². The van der Waals surface area contributed by atoms with Gasteiger partial charge >= 0.3 is 5.97 Å². The number of carbonyl (C=O) groups is 1. The highest BCUT2D eigenvalue weighted by molar-refractivity contribution is 6.30. The van der Waals surface area contributed by atoms with Gasteiger partial charge in [0.05, 0.1) is 23.2 Å². The maximum absolute atomic E-state index is 11.5. The summed E-state index contributed by atoms with van der Waals surface area (Å²) in [6, 6.07) is 2.96. The van der Waals surface area contributed by atoms with Crippen LogP contribution in [0.5, 0.6) is 0 Å². The van der Waals surface area contributed by atoms with Crippen LogP contribution >= 0.6 is 11.6 Å². The van der Waals surface area contributed by atoms with Crippen LogP contribution in [-0.4, -0.2) is 22.5 Å². The van der Waals surface area contributed by atoms with E-state index in [1.54, 1.807) is 6.92 Å². The number of carbonyl (C=O) groups excluding carboxylic acids is 1. The summed E-state index contributed by atoms with van der Waals surface area (Å²) in [5, 5.41) is 0.0638. The predicted octanol–water partition coefficient (Wildman–Crippen LogP) is 1.75. The van der Waals surface area contributed by atoms with E-state index in [1.165, 1.54) is 18.3 Å². The van der Waals surface area contributed by atoms with E-state index in [9.17, 15) is 9.59 Å². The van der Waals surface area contributed by atoms with Crippen molar-refractivity contribution in [3.05, 3.63) is 39.3 Å². The van der Waals surface area contributed by atoms with Gasteiger partial charge in [0.25, 0.3) is 5.56 Å². The van der Waals surface area contributed by atoms with Crippen molar-refractivity contribution in [2.75, 3.05) is 6.61 Å². The van der Waals surface area contributed by atoms with Gasteiger partial charge in [-0.25, -0.2) is 4.79 Å². The largest absolute Gasteiger partial charge is 0.462 e. The molecule has 88 valence electrons. The summed E-state index contributed by atoms with van der Waals surface area (Å²) >= 11 is 5.66. The zero-order chi connectivity index (χ0) is 12.4. The second-order valence-electron chi connectivity index (χ2n) is 3.32. The second-order valence-corrected chi connectivity index (χ2v) is 3.73. The number of aromatic amines is 1. The first-order valence-corrected chi connectivity index (χ1v) is 5.35. The third-order valence-electron chi connectivity index (χ3n) is 2.16. The molecule has 6 heteroatoms. The number of pyridine rings is 2. The molecule has 2 aromatic rings. The number of hydrogen-bond acceptors (Lipinski definition) is 4. The van der Waals surface area contributed by atoms with E-state index >= 15 is 0 Å². The molecule has 0 amide bonds. The van der Waals surface area contributed by atoms with Crippen LogP contribution in [0.25, 0.3) is 11.0 Å². The average Bonchev–Trinajstić information content (AvgIpc) is 2.30. The minimum absolute atomic E-state index is 0.0638. The van der Waals surface area contributed by atoms with Crippen molar-refractivity contribution in [3.63, 3.8) is 0 Å². The van der Waals surface area contributed by atoms with Crippen molar-refractivity contribution >= 4 is 28.6 Å². The van der Waals surface area contributed by atoms with Crippen molar-refractivity contribution in [3.8, 4) is 0 Å². The summed E-state index contributed by atoms with van der Waals surface area (Å²) in [6.07, 6.45) is 1.38. The lowest BCUT2D eigenvalue weighted by molar-refractivity contribution is 0.0526. The van der Waals surface area contributed by atoms with Gasteiger partial charge in [-0.3, -0.25) is 9.78 Å². The lowest BCUT2D eigenvalue weighted by Gasteiger charge is -2.03. The molecule has 0 atom stereocenters. The standard InChI is InChI=1S/C11H9ClN2O3/c1-2-17-11(16)6-3-9-8(13-5-6)4-7(12)10(15)14-9/h3-5H,2H2,1H3,(H,14,15). The number of halogens is 1. The molecular formula is C11H9ClN2O3. The number of ether oxygens (including phenoxy) is 1. The lowest BCUT2D eigenvalue weighted by atomic mass is 10.2. The van der Waals surface area contributed by atoms with Crippen molar-refractivity contribution in [1.82, 2.24) is 9.97 Å². The maximum Gasteiger partial charge on any atom is 0.339 e. The van der Waals surface area contributed by atoms with Gasteiger partial charge in [0, 0.05) is 6.20 Å². The first-order chi connectivity index (χ1) is 8.11. The number of fused-ring (bicyclic) bond motifs is 1. The fourth-order valence-electron chi connectivity index (χ4n) is 1.38. The van der Waals surface area contributed by atoms with E-state index < -0.39 is 11.5 Å². The second kappa shape index (κ2) is 4.55. The number of nitrogens with zero attached hydrogens (tertiary/aromatic N) is 1. The zero-order valence-corrected chi connectivity index (χ0v) is 9.75. The molecule has 17 heavy (non-hydrogen) atoms. The van der Waals surface area contributed by atoms with Crippen LogP contribution in [0.1, 0.15) is 17.3 Å². The Morgan fingerprint density at radius 1 is 1.53 bits per heavy atom. The minimum atomic E-state index is -0.474. The highest BCUT2D eigenvalue weighted by Crippen LogP contribution is 2.13. The first kappa shape index (κ1) is 11.6. The fourth-order valence-corrected chi connectivity index (χ4v) is 1.53. The monoisotopic (exact) mass is 252 g/mol. The van der Waals surface area contributed by atoms with E-state index in [-0.39, 0.29) is 17.2 Å². The Morgan fingerprint density at radius 2 is 2.29 bits per heavy atom. The van der Waals surface area contributed by atoms with Crippen LogP contribution in [0.15, 0.2) is 23.1 Å². The number of aromatic nitrogens is 2. The molecule has 2 rings (SSSR count). The Bertz CT molecular complexity index is 636. The van der Waals surface area contributed by atoms with Gasteiger partial charge in [-0.2, -0.15) is 0 Å².